The Hall–Kier alpha value is -2.75. The molecule has 0 spiro atoms. The third-order valence-electron chi connectivity index (χ3n) is 4.17. The van der Waals surface area contributed by atoms with E-state index in [0.717, 1.165) is 18.6 Å². The summed E-state index contributed by atoms with van der Waals surface area (Å²) < 4.78 is 7.76. The zero-order valence-electron chi connectivity index (χ0n) is 14.4. The predicted octanol–water partition coefficient (Wildman–Crippen LogP) is 4.01. The highest BCUT2D eigenvalue weighted by Gasteiger charge is 2.04. The summed E-state index contributed by atoms with van der Waals surface area (Å²) in [6, 6.07) is 20.1. The van der Waals surface area contributed by atoms with E-state index in [9.17, 15) is 4.79 Å². The number of hydrogen-bond donors (Lipinski definition) is 1. The van der Waals surface area contributed by atoms with Gasteiger partial charge < -0.3 is 14.6 Å². The fourth-order valence-electron chi connectivity index (χ4n) is 2.81. The van der Waals surface area contributed by atoms with Crippen molar-refractivity contribution in [3.63, 3.8) is 0 Å². The van der Waals surface area contributed by atoms with Crippen LogP contribution in [0.25, 0.3) is 10.9 Å². The number of nitrogens with one attached hydrogen (secondary N) is 1. The maximum atomic E-state index is 12.0. The van der Waals surface area contributed by atoms with E-state index in [2.05, 4.69) is 28.1 Å². The highest BCUT2D eigenvalue weighted by Crippen LogP contribution is 2.15. The van der Waals surface area contributed by atoms with E-state index in [1.807, 2.05) is 48.7 Å². The minimum atomic E-state index is 0.0989. The van der Waals surface area contributed by atoms with Gasteiger partial charge in [0.1, 0.15) is 5.75 Å². The zero-order chi connectivity index (χ0) is 17.3. The summed E-state index contributed by atoms with van der Waals surface area (Å²) in [6.45, 7) is 2.08. The second-order valence-electron chi connectivity index (χ2n) is 6.04. The number of aromatic nitrogens is 1. The van der Waals surface area contributed by atoms with Gasteiger partial charge in [0, 0.05) is 31.2 Å². The fraction of sp³-hybridized carbons (Fsp3) is 0.286. The molecule has 0 radical (unpaired) electrons. The first-order valence-corrected chi connectivity index (χ1v) is 8.81. The molecule has 0 aliphatic carbocycles. The Balaban J connectivity index is 1.29. The van der Waals surface area contributed by atoms with Crippen LogP contribution < -0.4 is 10.1 Å². The largest absolute Gasteiger partial charge is 0.494 e. The average molecular weight is 336 g/mol. The van der Waals surface area contributed by atoms with Gasteiger partial charge in [0.05, 0.1) is 6.61 Å². The van der Waals surface area contributed by atoms with Gasteiger partial charge in [-0.25, -0.2) is 0 Å². The Morgan fingerprint density at radius 2 is 1.76 bits per heavy atom. The van der Waals surface area contributed by atoms with Crippen molar-refractivity contribution in [1.82, 2.24) is 9.88 Å². The van der Waals surface area contributed by atoms with E-state index in [0.29, 0.717) is 26.1 Å². The molecule has 25 heavy (non-hydrogen) atoms. The molecule has 0 saturated heterocycles. The van der Waals surface area contributed by atoms with Crippen LogP contribution in [0.5, 0.6) is 5.75 Å². The number of amides is 1. The van der Waals surface area contributed by atoms with Crippen LogP contribution in [-0.2, 0) is 11.3 Å². The maximum absolute atomic E-state index is 12.0. The quantitative estimate of drug-likeness (QED) is 0.600. The van der Waals surface area contributed by atoms with Crippen molar-refractivity contribution < 1.29 is 9.53 Å². The van der Waals surface area contributed by atoms with E-state index in [1.165, 1.54) is 10.9 Å². The SMILES string of the molecule is O=C(CCn1ccc2ccccc21)NCCCCOc1ccccc1. The first-order chi connectivity index (χ1) is 12.3. The summed E-state index contributed by atoms with van der Waals surface area (Å²) in [7, 11) is 0. The van der Waals surface area contributed by atoms with Gasteiger partial charge in [-0.15, -0.1) is 0 Å². The third-order valence-corrected chi connectivity index (χ3v) is 4.17. The Kier molecular flexibility index (Phi) is 6.10. The Bertz CT molecular complexity index is 796. The van der Waals surface area contributed by atoms with Crippen LogP contribution in [0, 0.1) is 0 Å². The van der Waals surface area contributed by atoms with E-state index >= 15 is 0 Å². The molecule has 0 atom stereocenters. The van der Waals surface area contributed by atoms with Crippen LogP contribution in [0.3, 0.4) is 0 Å². The van der Waals surface area contributed by atoms with Crippen molar-refractivity contribution in [3.05, 3.63) is 66.9 Å². The van der Waals surface area contributed by atoms with E-state index in [4.69, 9.17) is 4.74 Å². The molecule has 1 amide bonds. The van der Waals surface area contributed by atoms with Gasteiger partial charge in [-0.05, 0) is 42.5 Å². The molecule has 0 aliphatic heterocycles. The smallest absolute Gasteiger partial charge is 0.221 e. The molecular weight excluding hydrogens is 312 g/mol. The number of benzene rings is 2. The predicted molar refractivity (Wildman–Crippen MR) is 101 cm³/mol. The van der Waals surface area contributed by atoms with E-state index < -0.39 is 0 Å². The molecule has 4 heteroatoms. The molecule has 0 saturated carbocycles. The van der Waals surface area contributed by atoms with Gasteiger partial charge in [0.25, 0.3) is 0 Å². The van der Waals surface area contributed by atoms with Gasteiger partial charge in [0.2, 0.25) is 5.91 Å². The molecule has 0 unspecified atom stereocenters. The van der Waals surface area contributed by atoms with Crippen molar-refractivity contribution in [2.45, 2.75) is 25.8 Å². The summed E-state index contributed by atoms with van der Waals surface area (Å²) >= 11 is 0. The molecule has 1 heterocycles. The number of aryl methyl sites for hydroxylation is 1. The van der Waals surface area contributed by atoms with E-state index in [1.54, 1.807) is 0 Å². The van der Waals surface area contributed by atoms with E-state index in [-0.39, 0.29) is 5.91 Å². The second kappa shape index (κ2) is 8.92. The third kappa shape index (κ3) is 5.11. The normalized spacial score (nSPS) is 10.7. The lowest BCUT2D eigenvalue weighted by atomic mass is 10.2. The lowest BCUT2D eigenvalue weighted by Gasteiger charge is -2.08. The highest BCUT2D eigenvalue weighted by molar-refractivity contribution is 5.80. The standard InChI is InChI=1S/C21H24N2O2/c24-21(13-16-23-15-12-18-8-4-5-11-20(18)23)22-14-6-7-17-25-19-9-2-1-3-10-19/h1-5,8-12,15H,6-7,13-14,16-17H2,(H,22,24). The number of nitrogens with zero attached hydrogens (tertiary/aromatic N) is 1. The molecule has 0 aliphatic rings. The van der Waals surface area contributed by atoms with Crippen LogP contribution >= 0.6 is 0 Å². The minimum Gasteiger partial charge on any atom is -0.494 e. The van der Waals surface area contributed by atoms with Crippen molar-refractivity contribution in [2.75, 3.05) is 13.2 Å². The van der Waals surface area contributed by atoms with Crippen LogP contribution in [0.1, 0.15) is 19.3 Å². The lowest BCUT2D eigenvalue weighted by molar-refractivity contribution is -0.121. The Morgan fingerprint density at radius 1 is 0.960 bits per heavy atom. The number of carbonyl (C=O) groups excluding carboxylic acids is 1. The molecule has 2 aromatic carbocycles. The molecule has 3 aromatic rings. The molecule has 1 N–H and O–H groups in total. The van der Waals surface area contributed by atoms with Crippen LogP contribution in [0.2, 0.25) is 0 Å². The van der Waals surface area contributed by atoms with Gasteiger partial charge >= 0.3 is 0 Å². The first-order valence-electron chi connectivity index (χ1n) is 8.81. The van der Waals surface area contributed by atoms with Crippen molar-refractivity contribution >= 4 is 16.8 Å². The summed E-state index contributed by atoms with van der Waals surface area (Å²) in [5, 5.41) is 4.19. The van der Waals surface area contributed by atoms with Crippen LogP contribution in [-0.4, -0.2) is 23.6 Å². The molecular formula is C21H24N2O2. The Morgan fingerprint density at radius 3 is 2.64 bits per heavy atom. The van der Waals surface area contributed by atoms with Crippen LogP contribution in [0.15, 0.2) is 66.9 Å². The first kappa shape index (κ1) is 17.1. The highest BCUT2D eigenvalue weighted by atomic mass is 16.5. The molecule has 0 fully saturated rings. The monoisotopic (exact) mass is 336 g/mol. The average Bonchev–Trinajstić information content (AvgIpc) is 3.07. The molecule has 130 valence electrons. The van der Waals surface area contributed by atoms with Crippen molar-refractivity contribution in [2.24, 2.45) is 0 Å². The molecule has 1 aromatic heterocycles. The van der Waals surface area contributed by atoms with Gasteiger partial charge in [-0.3, -0.25) is 4.79 Å². The number of unbranched alkanes of at least 4 members (excludes halogenated alkanes) is 1. The second-order valence-corrected chi connectivity index (χ2v) is 6.04. The number of ether oxygens (including phenoxy) is 1. The number of carbonyl (C=O) groups is 1. The molecule has 0 bridgehead atoms. The topological polar surface area (TPSA) is 43.3 Å². The summed E-state index contributed by atoms with van der Waals surface area (Å²) in [6.07, 6.45) is 4.39. The maximum Gasteiger partial charge on any atom is 0.221 e. The number of para-hydroxylation sites is 2. The summed E-state index contributed by atoms with van der Waals surface area (Å²) in [5.74, 6) is 0.993. The van der Waals surface area contributed by atoms with Crippen molar-refractivity contribution in [1.29, 1.82) is 0 Å². The zero-order valence-corrected chi connectivity index (χ0v) is 14.4. The summed E-state index contributed by atoms with van der Waals surface area (Å²) in [4.78, 5) is 12.0. The summed E-state index contributed by atoms with van der Waals surface area (Å²) in [5.41, 5.74) is 1.17. The van der Waals surface area contributed by atoms with Crippen LogP contribution in [0.4, 0.5) is 0 Å². The lowest BCUT2D eigenvalue weighted by Crippen LogP contribution is -2.25. The Labute approximate surface area is 148 Å². The minimum absolute atomic E-state index is 0.0989. The van der Waals surface area contributed by atoms with Gasteiger partial charge in [-0.2, -0.15) is 0 Å². The van der Waals surface area contributed by atoms with Crippen molar-refractivity contribution in [3.8, 4) is 5.75 Å². The molecule has 3 rings (SSSR count). The van der Waals surface area contributed by atoms with Gasteiger partial charge in [0.15, 0.2) is 0 Å². The fourth-order valence-corrected chi connectivity index (χ4v) is 2.81. The van der Waals surface area contributed by atoms with Gasteiger partial charge in [-0.1, -0.05) is 36.4 Å². The number of hydrogen-bond acceptors (Lipinski definition) is 2. The molecule has 4 nitrogen and oxygen atoms in total. The number of fused-ring (bicyclic) bond motifs is 1. The number of rotatable bonds is 9.